The van der Waals surface area contributed by atoms with Crippen molar-refractivity contribution in [2.75, 3.05) is 13.1 Å². The third kappa shape index (κ3) is 5.23. The van der Waals surface area contributed by atoms with Crippen LogP contribution in [0.5, 0.6) is 0 Å². The first-order chi connectivity index (χ1) is 14.2. The van der Waals surface area contributed by atoms with Crippen LogP contribution in [-0.4, -0.2) is 45.8 Å². The van der Waals surface area contributed by atoms with E-state index in [-0.39, 0.29) is 34.5 Å². The molecule has 1 saturated heterocycles. The van der Waals surface area contributed by atoms with Crippen molar-refractivity contribution in [3.8, 4) is 0 Å². The highest BCUT2D eigenvalue weighted by molar-refractivity contribution is 6.32. The Morgan fingerprint density at radius 3 is 2.57 bits per heavy atom. The van der Waals surface area contributed by atoms with E-state index in [9.17, 15) is 19.3 Å². The standard InChI is InChI=1S/C22H23ClFN3O3/c1-15-13-26(16(2)12-25(15)14-18-3-7-19(24)8-4-18)22(28)10-6-17-5-9-20(23)21(11-17)27(29)30/h3-11,15-16H,12-14H2,1-2H3/b10-6+. The van der Waals surface area contributed by atoms with Crippen LogP contribution in [0.15, 0.2) is 48.5 Å². The third-order valence-electron chi connectivity index (χ3n) is 5.28. The van der Waals surface area contributed by atoms with Gasteiger partial charge in [0, 0.05) is 43.9 Å². The summed E-state index contributed by atoms with van der Waals surface area (Å²) in [6, 6.07) is 11.0. The number of carbonyl (C=O) groups is 1. The maximum absolute atomic E-state index is 13.1. The van der Waals surface area contributed by atoms with Gasteiger partial charge in [0.1, 0.15) is 10.8 Å². The van der Waals surface area contributed by atoms with Gasteiger partial charge >= 0.3 is 0 Å². The Kier molecular flexibility index (Phi) is 6.84. The van der Waals surface area contributed by atoms with E-state index < -0.39 is 4.92 Å². The molecule has 2 aromatic carbocycles. The molecule has 0 aliphatic carbocycles. The number of hydrogen-bond acceptors (Lipinski definition) is 4. The van der Waals surface area contributed by atoms with Gasteiger partial charge in [-0.15, -0.1) is 0 Å². The Morgan fingerprint density at radius 2 is 1.90 bits per heavy atom. The first kappa shape index (κ1) is 21.9. The van der Waals surface area contributed by atoms with Crippen LogP contribution in [0.4, 0.5) is 10.1 Å². The van der Waals surface area contributed by atoms with Crippen molar-refractivity contribution in [2.24, 2.45) is 0 Å². The van der Waals surface area contributed by atoms with Gasteiger partial charge in [-0.1, -0.05) is 29.8 Å². The zero-order chi connectivity index (χ0) is 21.8. The first-order valence-electron chi connectivity index (χ1n) is 9.65. The molecule has 0 saturated carbocycles. The van der Waals surface area contributed by atoms with Crippen LogP contribution in [0.1, 0.15) is 25.0 Å². The van der Waals surface area contributed by atoms with Crippen LogP contribution >= 0.6 is 11.6 Å². The lowest BCUT2D eigenvalue weighted by Gasteiger charge is -2.44. The van der Waals surface area contributed by atoms with Gasteiger partial charge in [-0.05, 0) is 49.2 Å². The molecule has 0 spiro atoms. The van der Waals surface area contributed by atoms with E-state index in [0.29, 0.717) is 25.2 Å². The monoisotopic (exact) mass is 431 g/mol. The normalized spacial score (nSPS) is 19.9. The highest BCUT2D eigenvalue weighted by atomic mass is 35.5. The van der Waals surface area contributed by atoms with Gasteiger partial charge in [0.25, 0.3) is 5.69 Å². The molecule has 2 unspecified atom stereocenters. The van der Waals surface area contributed by atoms with E-state index in [4.69, 9.17) is 11.6 Å². The summed E-state index contributed by atoms with van der Waals surface area (Å²) in [5, 5.41) is 11.1. The number of nitro benzene ring substituents is 1. The topological polar surface area (TPSA) is 66.7 Å². The molecule has 3 rings (SSSR count). The second kappa shape index (κ2) is 9.36. The summed E-state index contributed by atoms with van der Waals surface area (Å²) in [5.74, 6) is -0.401. The number of piperazine rings is 1. The summed E-state index contributed by atoms with van der Waals surface area (Å²) in [6.07, 6.45) is 3.00. The average molecular weight is 432 g/mol. The summed E-state index contributed by atoms with van der Waals surface area (Å²) >= 11 is 5.83. The highest BCUT2D eigenvalue weighted by Gasteiger charge is 2.31. The Hall–Kier alpha value is -2.77. The Bertz CT molecular complexity index is 965. The maximum Gasteiger partial charge on any atom is 0.288 e. The second-order valence-corrected chi connectivity index (χ2v) is 7.95. The minimum atomic E-state index is -0.550. The number of hydrogen-bond donors (Lipinski definition) is 0. The quantitative estimate of drug-likeness (QED) is 0.396. The Morgan fingerprint density at radius 1 is 1.20 bits per heavy atom. The highest BCUT2D eigenvalue weighted by Crippen LogP contribution is 2.26. The minimum Gasteiger partial charge on any atom is -0.334 e. The average Bonchev–Trinajstić information content (AvgIpc) is 2.71. The van der Waals surface area contributed by atoms with E-state index in [1.165, 1.54) is 30.3 Å². The molecule has 1 aliphatic heterocycles. The minimum absolute atomic E-state index is 0.00153. The van der Waals surface area contributed by atoms with Crippen molar-refractivity contribution in [1.29, 1.82) is 0 Å². The molecule has 2 atom stereocenters. The summed E-state index contributed by atoms with van der Waals surface area (Å²) in [7, 11) is 0. The molecule has 2 aromatic rings. The van der Waals surface area contributed by atoms with E-state index in [1.807, 2.05) is 6.92 Å². The van der Waals surface area contributed by atoms with Crippen LogP contribution in [-0.2, 0) is 11.3 Å². The molecule has 158 valence electrons. The summed E-state index contributed by atoms with van der Waals surface area (Å²) in [6.45, 7) is 6.00. The molecular formula is C22H23ClFN3O3. The van der Waals surface area contributed by atoms with Crippen LogP contribution in [0.3, 0.4) is 0 Å². The number of nitro groups is 1. The predicted octanol–water partition coefficient (Wildman–Crippen LogP) is 4.52. The molecule has 1 heterocycles. The second-order valence-electron chi connectivity index (χ2n) is 7.55. The largest absolute Gasteiger partial charge is 0.334 e. The fourth-order valence-electron chi connectivity index (χ4n) is 3.59. The summed E-state index contributed by atoms with van der Waals surface area (Å²) in [4.78, 5) is 27.3. The molecule has 30 heavy (non-hydrogen) atoms. The first-order valence-corrected chi connectivity index (χ1v) is 10.0. The van der Waals surface area contributed by atoms with Crippen molar-refractivity contribution in [2.45, 2.75) is 32.5 Å². The number of nitrogens with zero attached hydrogens (tertiary/aromatic N) is 3. The van der Waals surface area contributed by atoms with E-state index in [0.717, 1.165) is 5.56 Å². The molecule has 1 fully saturated rings. The van der Waals surface area contributed by atoms with Gasteiger partial charge in [0.05, 0.1) is 4.92 Å². The van der Waals surface area contributed by atoms with Gasteiger partial charge in [-0.25, -0.2) is 4.39 Å². The fourth-order valence-corrected chi connectivity index (χ4v) is 3.77. The van der Waals surface area contributed by atoms with Crippen molar-refractivity contribution in [1.82, 2.24) is 9.80 Å². The van der Waals surface area contributed by atoms with Crippen LogP contribution < -0.4 is 0 Å². The van der Waals surface area contributed by atoms with Crippen LogP contribution in [0.2, 0.25) is 5.02 Å². The number of benzene rings is 2. The van der Waals surface area contributed by atoms with Gasteiger partial charge in [0.15, 0.2) is 0 Å². The molecule has 8 heteroatoms. The van der Waals surface area contributed by atoms with Gasteiger partial charge in [-0.3, -0.25) is 19.8 Å². The molecule has 6 nitrogen and oxygen atoms in total. The van der Waals surface area contributed by atoms with Crippen molar-refractivity contribution in [3.63, 3.8) is 0 Å². The van der Waals surface area contributed by atoms with Crippen molar-refractivity contribution >= 4 is 29.3 Å². The molecule has 1 amide bonds. The van der Waals surface area contributed by atoms with E-state index in [2.05, 4.69) is 11.8 Å². The lowest BCUT2D eigenvalue weighted by molar-refractivity contribution is -0.384. The number of carbonyl (C=O) groups excluding carboxylic acids is 1. The predicted molar refractivity (Wildman–Crippen MR) is 115 cm³/mol. The molecule has 0 bridgehead atoms. The number of rotatable bonds is 5. The fraction of sp³-hybridized carbons (Fsp3) is 0.318. The van der Waals surface area contributed by atoms with Crippen molar-refractivity contribution in [3.05, 3.63) is 80.6 Å². The third-order valence-corrected chi connectivity index (χ3v) is 5.60. The molecule has 1 aliphatic rings. The van der Waals surface area contributed by atoms with Gasteiger partial charge in [-0.2, -0.15) is 0 Å². The number of amides is 1. The zero-order valence-electron chi connectivity index (χ0n) is 16.8. The molecule has 0 aromatic heterocycles. The maximum atomic E-state index is 13.1. The molecule has 0 N–H and O–H groups in total. The van der Waals surface area contributed by atoms with Crippen LogP contribution in [0.25, 0.3) is 6.08 Å². The Labute approximate surface area is 179 Å². The molecular weight excluding hydrogens is 409 g/mol. The lowest BCUT2D eigenvalue weighted by atomic mass is 10.1. The van der Waals surface area contributed by atoms with Crippen molar-refractivity contribution < 1.29 is 14.1 Å². The van der Waals surface area contributed by atoms with Crippen LogP contribution in [0, 0.1) is 15.9 Å². The van der Waals surface area contributed by atoms with Gasteiger partial charge in [0.2, 0.25) is 5.91 Å². The lowest BCUT2D eigenvalue weighted by Crippen LogP contribution is -2.57. The smallest absolute Gasteiger partial charge is 0.288 e. The van der Waals surface area contributed by atoms with Gasteiger partial charge < -0.3 is 4.90 Å². The van der Waals surface area contributed by atoms with E-state index >= 15 is 0 Å². The Balaban J connectivity index is 1.65. The molecule has 0 radical (unpaired) electrons. The summed E-state index contributed by atoms with van der Waals surface area (Å²) in [5.41, 5.74) is 1.37. The summed E-state index contributed by atoms with van der Waals surface area (Å²) < 4.78 is 13.1. The van der Waals surface area contributed by atoms with E-state index in [1.54, 1.807) is 29.2 Å². The SMILES string of the molecule is CC1CN(C(=O)/C=C/c2ccc(Cl)c([N+](=O)[O-])c2)C(C)CN1Cc1ccc(F)cc1. The number of halogens is 2. The zero-order valence-corrected chi connectivity index (χ0v) is 17.6.